The van der Waals surface area contributed by atoms with E-state index in [4.69, 9.17) is 13.9 Å². The smallest absolute Gasteiger partial charge is 0.376 e. The number of anilines is 1. The van der Waals surface area contributed by atoms with Crippen LogP contribution >= 0.6 is 0 Å². The Bertz CT molecular complexity index is 1030. The van der Waals surface area contributed by atoms with E-state index in [9.17, 15) is 14.9 Å². The summed E-state index contributed by atoms with van der Waals surface area (Å²) < 4.78 is 16.4. The third kappa shape index (κ3) is 3.94. The van der Waals surface area contributed by atoms with Crippen molar-refractivity contribution >= 4 is 28.5 Å². The summed E-state index contributed by atoms with van der Waals surface area (Å²) in [5, 5.41) is 12.2. The van der Waals surface area contributed by atoms with Crippen molar-refractivity contribution in [3.63, 3.8) is 0 Å². The first kappa shape index (κ1) is 19.3. The van der Waals surface area contributed by atoms with E-state index >= 15 is 0 Å². The SMILES string of the molecule is CCOCOc1ccc2oc(-c3ccc(N(C)C(C)=O)nc3[N+](=O)[O-])cc2c1. The number of carbonyl (C=O) groups is 1. The number of ether oxygens (including phenoxy) is 2. The number of aromatic nitrogens is 1. The van der Waals surface area contributed by atoms with Gasteiger partial charge in [-0.15, -0.1) is 0 Å². The Morgan fingerprint density at radius 1 is 1.29 bits per heavy atom. The van der Waals surface area contributed by atoms with E-state index in [0.717, 1.165) is 5.39 Å². The van der Waals surface area contributed by atoms with Crippen molar-refractivity contribution in [2.24, 2.45) is 0 Å². The second-order valence-corrected chi connectivity index (χ2v) is 5.94. The first-order valence-electron chi connectivity index (χ1n) is 8.55. The molecule has 1 amide bonds. The van der Waals surface area contributed by atoms with Crippen LogP contribution in [0.4, 0.5) is 11.6 Å². The first-order chi connectivity index (χ1) is 13.4. The molecule has 0 bridgehead atoms. The van der Waals surface area contributed by atoms with Crippen molar-refractivity contribution in [3.05, 3.63) is 46.5 Å². The fourth-order valence-electron chi connectivity index (χ4n) is 2.56. The lowest BCUT2D eigenvalue weighted by molar-refractivity contribution is -0.388. The van der Waals surface area contributed by atoms with Crippen molar-refractivity contribution in [1.82, 2.24) is 4.98 Å². The Morgan fingerprint density at radius 2 is 2.07 bits per heavy atom. The van der Waals surface area contributed by atoms with Crippen molar-refractivity contribution in [2.45, 2.75) is 13.8 Å². The third-order valence-electron chi connectivity index (χ3n) is 4.12. The molecule has 0 unspecified atom stereocenters. The standard InChI is InChI=1S/C19H19N3O6/c1-4-26-11-27-14-5-7-16-13(9-14)10-17(28-16)15-6-8-18(21(3)12(2)23)20-19(15)22(24)25/h5-10H,4,11H2,1-3H3. The van der Waals surface area contributed by atoms with Gasteiger partial charge < -0.3 is 24.0 Å². The van der Waals surface area contributed by atoms with E-state index in [1.807, 2.05) is 6.92 Å². The quantitative estimate of drug-likeness (QED) is 0.264. The predicted octanol–water partition coefficient (Wildman–Crippen LogP) is 3.76. The molecule has 0 aliphatic carbocycles. The zero-order valence-corrected chi connectivity index (χ0v) is 15.7. The van der Waals surface area contributed by atoms with Gasteiger partial charge in [-0.2, -0.15) is 0 Å². The molecule has 146 valence electrons. The summed E-state index contributed by atoms with van der Waals surface area (Å²) in [5.41, 5.74) is 0.775. The second-order valence-electron chi connectivity index (χ2n) is 5.94. The van der Waals surface area contributed by atoms with Crippen LogP contribution < -0.4 is 9.64 Å². The highest BCUT2D eigenvalue weighted by molar-refractivity contribution is 5.91. The van der Waals surface area contributed by atoms with Crippen LogP contribution in [0.2, 0.25) is 0 Å². The number of furan rings is 1. The molecule has 0 aliphatic heterocycles. The van der Waals surface area contributed by atoms with Gasteiger partial charge >= 0.3 is 5.82 Å². The molecule has 28 heavy (non-hydrogen) atoms. The molecule has 0 atom stereocenters. The average Bonchev–Trinajstić information content (AvgIpc) is 3.10. The molecule has 3 aromatic rings. The molecule has 0 radical (unpaired) electrons. The average molecular weight is 385 g/mol. The summed E-state index contributed by atoms with van der Waals surface area (Å²) >= 11 is 0. The fraction of sp³-hybridized carbons (Fsp3) is 0.263. The van der Waals surface area contributed by atoms with Crippen LogP contribution in [0.25, 0.3) is 22.3 Å². The minimum absolute atomic E-state index is 0.132. The Balaban J connectivity index is 1.99. The highest BCUT2D eigenvalue weighted by Crippen LogP contribution is 2.35. The number of hydrogen-bond acceptors (Lipinski definition) is 7. The van der Waals surface area contributed by atoms with Crippen molar-refractivity contribution in [1.29, 1.82) is 0 Å². The summed E-state index contributed by atoms with van der Waals surface area (Å²) in [5.74, 6) is 0.411. The third-order valence-corrected chi connectivity index (χ3v) is 4.12. The first-order valence-corrected chi connectivity index (χ1v) is 8.55. The van der Waals surface area contributed by atoms with Gasteiger partial charge in [0.15, 0.2) is 6.79 Å². The number of carbonyl (C=O) groups excluding carboxylic acids is 1. The Morgan fingerprint density at radius 3 is 2.75 bits per heavy atom. The van der Waals surface area contributed by atoms with Gasteiger partial charge in [0.25, 0.3) is 0 Å². The summed E-state index contributed by atoms with van der Waals surface area (Å²) in [4.78, 5) is 27.7. The molecule has 2 aromatic heterocycles. The molecule has 2 heterocycles. The number of nitro groups is 1. The van der Waals surface area contributed by atoms with Gasteiger partial charge in [0.05, 0.1) is 0 Å². The monoisotopic (exact) mass is 385 g/mol. The molecular formula is C19H19N3O6. The van der Waals surface area contributed by atoms with Crippen LogP contribution in [0.3, 0.4) is 0 Å². The van der Waals surface area contributed by atoms with Crippen LogP contribution in [0.15, 0.2) is 40.8 Å². The number of rotatable bonds is 7. The topological polar surface area (TPSA) is 108 Å². The lowest BCUT2D eigenvalue weighted by atomic mass is 10.1. The molecule has 0 saturated heterocycles. The molecule has 0 aliphatic rings. The Hall–Kier alpha value is -3.46. The predicted molar refractivity (Wildman–Crippen MR) is 102 cm³/mol. The molecule has 9 nitrogen and oxygen atoms in total. The number of nitrogens with zero attached hydrogens (tertiary/aromatic N) is 3. The molecule has 0 fully saturated rings. The van der Waals surface area contributed by atoms with Crippen molar-refractivity contribution in [3.8, 4) is 17.1 Å². The van der Waals surface area contributed by atoms with Gasteiger partial charge in [-0.25, -0.2) is 0 Å². The van der Waals surface area contributed by atoms with Crippen LogP contribution in [0.5, 0.6) is 5.75 Å². The van der Waals surface area contributed by atoms with Gasteiger partial charge in [0, 0.05) is 32.0 Å². The number of fused-ring (bicyclic) bond motifs is 1. The molecule has 1 aromatic carbocycles. The lowest BCUT2D eigenvalue weighted by Crippen LogP contribution is -2.24. The summed E-state index contributed by atoms with van der Waals surface area (Å²) in [7, 11) is 1.50. The number of hydrogen-bond donors (Lipinski definition) is 0. The zero-order chi connectivity index (χ0) is 20.3. The highest BCUT2D eigenvalue weighted by Gasteiger charge is 2.24. The number of benzene rings is 1. The summed E-state index contributed by atoms with van der Waals surface area (Å²) in [6.07, 6.45) is 0. The molecule has 9 heteroatoms. The molecular weight excluding hydrogens is 366 g/mol. The zero-order valence-electron chi connectivity index (χ0n) is 15.7. The van der Waals surface area contributed by atoms with Crippen LogP contribution in [-0.2, 0) is 9.53 Å². The molecule has 0 spiro atoms. The highest BCUT2D eigenvalue weighted by atomic mass is 16.7. The van der Waals surface area contributed by atoms with Crippen molar-refractivity contribution < 1.29 is 23.6 Å². The lowest BCUT2D eigenvalue weighted by Gasteiger charge is -2.10. The second kappa shape index (κ2) is 8.05. The van der Waals surface area contributed by atoms with E-state index in [-0.39, 0.29) is 24.1 Å². The number of pyridine rings is 1. The molecule has 0 N–H and O–H groups in total. The van der Waals surface area contributed by atoms with Gasteiger partial charge in [-0.3, -0.25) is 9.69 Å². The van der Waals surface area contributed by atoms with Crippen LogP contribution in [-0.4, -0.2) is 36.3 Å². The molecule has 0 saturated carbocycles. The van der Waals surface area contributed by atoms with Gasteiger partial charge in [-0.1, -0.05) is 0 Å². The van der Waals surface area contributed by atoms with Crippen LogP contribution in [0, 0.1) is 10.1 Å². The molecule has 3 rings (SSSR count). The van der Waals surface area contributed by atoms with Crippen molar-refractivity contribution in [2.75, 3.05) is 25.3 Å². The maximum Gasteiger partial charge on any atom is 0.376 e. The van der Waals surface area contributed by atoms with E-state index in [1.54, 1.807) is 24.3 Å². The van der Waals surface area contributed by atoms with E-state index in [2.05, 4.69) is 4.98 Å². The van der Waals surface area contributed by atoms with E-state index in [0.29, 0.717) is 23.7 Å². The Labute approximate surface area is 160 Å². The fourth-order valence-corrected chi connectivity index (χ4v) is 2.56. The normalized spacial score (nSPS) is 10.8. The van der Waals surface area contributed by atoms with E-state index < -0.39 is 10.7 Å². The Kier molecular flexibility index (Phi) is 5.55. The maximum absolute atomic E-state index is 11.5. The van der Waals surface area contributed by atoms with Gasteiger partial charge in [0.2, 0.25) is 11.7 Å². The summed E-state index contributed by atoms with van der Waals surface area (Å²) in [6.45, 7) is 3.90. The van der Waals surface area contributed by atoms with Gasteiger partial charge in [-0.05, 0) is 47.2 Å². The minimum atomic E-state index is -0.601. The maximum atomic E-state index is 11.5. The van der Waals surface area contributed by atoms with Gasteiger partial charge in [0.1, 0.15) is 22.7 Å². The summed E-state index contributed by atoms with van der Waals surface area (Å²) in [6, 6.07) is 9.95. The minimum Gasteiger partial charge on any atom is -0.468 e. The van der Waals surface area contributed by atoms with Crippen LogP contribution in [0.1, 0.15) is 13.8 Å². The number of amides is 1. The largest absolute Gasteiger partial charge is 0.468 e. The van der Waals surface area contributed by atoms with E-state index in [1.165, 1.54) is 31.0 Å².